The van der Waals surface area contributed by atoms with Crippen molar-refractivity contribution in [2.24, 2.45) is 0 Å². The molecule has 3 nitrogen and oxygen atoms in total. The lowest BCUT2D eigenvalue weighted by Crippen LogP contribution is -2.10. The lowest BCUT2D eigenvalue weighted by molar-refractivity contribution is 0.420. The molecule has 0 atom stereocenters. The normalized spacial score (nSPS) is 12.5. The second-order valence-electron chi connectivity index (χ2n) is 11.3. The first-order valence-corrected chi connectivity index (χ1v) is 13.3. The zero-order chi connectivity index (χ0) is 26.3. The van der Waals surface area contributed by atoms with Crippen LogP contribution in [0.5, 0.6) is 5.75 Å². The molecule has 0 N–H and O–H groups in total. The van der Waals surface area contributed by atoms with Crippen LogP contribution in [0.3, 0.4) is 0 Å². The highest BCUT2D eigenvalue weighted by atomic mass is 35.5. The van der Waals surface area contributed by atoms with Gasteiger partial charge in [0.1, 0.15) is 16.9 Å². The summed E-state index contributed by atoms with van der Waals surface area (Å²) in [5.41, 5.74) is 7.43. The molecule has 7 aromatic rings. The van der Waals surface area contributed by atoms with Gasteiger partial charge in [0.25, 0.3) is 0 Å². The largest absolute Gasteiger partial charge is 0.496 e. The van der Waals surface area contributed by atoms with Gasteiger partial charge in [-0.3, -0.25) is 0 Å². The van der Waals surface area contributed by atoms with Crippen LogP contribution >= 0.6 is 11.6 Å². The molecule has 2 heterocycles. The molecule has 2 aromatic heterocycles. The Balaban J connectivity index is 1.55. The number of ether oxygens (including phenoxy) is 1. The maximum atomic E-state index is 6.91. The summed E-state index contributed by atoms with van der Waals surface area (Å²) in [4.78, 5) is 0. The van der Waals surface area contributed by atoms with E-state index in [1.54, 1.807) is 7.11 Å². The number of furan rings is 1. The van der Waals surface area contributed by atoms with Gasteiger partial charge >= 0.3 is 0 Å². The Labute approximate surface area is 226 Å². The summed E-state index contributed by atoms with van der Waals surface area (Å²) >= 11 is 6.91. The Morgan fingerprint density at radius 3 is 2.37 bits per heavy atom. The number of aromatic nitrogens is 1. The minimum Gasteiger partial charge on any atom is -0.496 e. The maximum absolute atomic E-state index is 6.91. The third-order valence-corrected chi connectivity index (χ3v) is 8.04. The average Bonchev–Trinajstić information content (AvgIpc) is 3.42. The van der Waals surface area contributed by atoms with Crippen LogP contribution in [0.15, 0.2) is 83.3 Å². The summed E-state index contributed by atoms with van der Waals surface area (Å²) in [7, 11) is 1.72. The molecule has 0 saturated carbocycles. The molecule has 0 aliphatic carbocycles. The van der Waals surface area contributed by atoms with Gasteiger partial charge in [0.05, 0.1) is 28.6 Å². The summed E-state index contributed by atoms with van der Waals surface area (Å²) in [5.74, 6) is 0.821. The van der Waals surface area contributed by atoms with E-state index in [9.17, 15) is 0 Å². The van der Waals surface area contributed by atoms with E-state index in [4.69, 9.17) is 20.8 Å². The molecule has 0 spiro atoms. The third-order valence-electron chi connectivity index (χ3n) is 7.73. The number of aryl methyl sites for hydroxylation is 1. The van der Waals surface area contributed by atoms with Crippen LogP contribution in [0.1, 0.15) is 31.9 Å². The fourth-order valence-corrected chi connectivity index (χ4v) is 5.98. The second-order valence-corrected chi connectivity index (χ2v) is 11.7. The molecule has 0 unspecified atom stereocenters. The predicted octanol–water partition coefficient (Wildman–Crippen LogP) is 10.1. The number of hydrogen-bond donors (Lipinski definition) is 0. The van der Waals surface area contributed by atoms with E-state index < -0.39 is 0 Å². The smallest absolute Gasteiger partial charge is 0.136 e. The lowest BCUT2D eigenvalue weighted by Gasteiger charge is -2.19. The van der Waals surface area contributed by atoms with Crippen molar-refractivity contribution in [1.29, 1.82) is 0 Å². The Hall–Kier alpha value is -3.95. The van der Waals surface area contributed by atoms with Crippen LogP contribution in [0.25, 0.3) is 60.2 Å². The first kappa shape index (κ1) is 23.2. The quantitative estimate of drug-likeness (QED) is 0.228. The van der Waals surface area contributed by atoms with Crippen molar-refractivity contribution in [3.8, 4) is 11.4 Å². The molecule has 0 fully saturated rings. The van der Waals surface area contributed by atoms with Gasteiger partial charge in [-0.15, -0.1) is 0 Å². The third kappa shape index (κ3) is 3.35. The highest BCUT2D eigenvalue weighted by Crippen LogP contribution is 2.43. The molecule has 0 radical (unpaired) electrons. The van der Waals surface area contributed by atoms with Crippen molar-refractivity contribution in [2.45, 2.75) is 33.1 Å². The van der Waals surface area contributed by atoms with Gasteiger partial charge < -0.3 is 13.7 Å². The number of nitrogens with zero attached hydrogens (tertiary/aromatic N) is 1. The van der Waals surface area contributed by atoms with Gasteiger partial charge in [-0.1, -0.05) is 56.6 Å². The lowest BCUT2D eigenvalue weighted by atomic mass is 9.86. The average molecular weight is 518 g/mol. The Kier molecular flexibility index (Phi) is 4.90. The first-order chi connectivity index (χ1) is 18.2. The number of rotatable bonds is 2. The van der Waals surface area contributed by atoms with Gasteiger partial charge in [0.2, 0.25) is 0 Å². The van der Waals surface area contributed by atoms with Crippen molar-refractivity contribution < 1.29 is 9.15 Å². The van der Waals surface area contributed by atoms with Crippen LogP contribution in [-0.4, -0.2) is 11.7 Å². The van der Waals surface area contributed by atoms with Gasteiger partial charge in [-0.05, 0) is 88.8 Å². The standard InChI is InChI=1S/C34H28ClNO2/c1-19-6-10-24-25-16-21-15-23(9-7-20(21)17-31(25)38-30(24)14-19)36-28-12-8-22(34(2,3)4)18-26(28)32-29(37-5)13-11-27(35)33(32)36/h6-18H,1-5H3. The Bertz CT molecular complexity index is 2070. The molecular weight excluding hydrogens is 490 g/mol. The zero-order valence-corrected chi connectivity index (χ0v) is 22.9. The van der Waals surface area contributed by atoms with Crippen LogP contribution in [0.4, 0.5) is 0 Å². The molecule has 38 heavy (non-hydrogen) atoms. The van der Waals surface area contributed by atoms with Crippen LogP contribution in [0.2, 0.25) is 5.02 Å². The van der Waals surface area contributed by atoms with Crippen molar-refractivity contribution in [3.05, 3.63) is 95.0 Å². The number of benzene rings is 5. The minimum absolute atomic E-state index is 0.0225. The number of fused-ring (bicyclic) bond motifs is 7. The van der Waals surface area contributed by atoms with Gasteiger partial charge in [0, 0.05) is 21.8 Å². The van der Waals surface area contributed by atoms with E-state index in [0.29, 0.717) is 5.02 Å². The predicted molar refractivity (Wildman–Crippen MR) is 161 cm³/mol. The molecular formula is C34H28ClNO2. The molecule has 0 saturated heterocycles. The van der Waals surface area contributed by atoms with Gasteiger partial charge in [-0.25, -0.2) is 0 Å². The molecule has 188 valence electrons. The van der Waals surface area contributed by atoms with Gasteiger partial charge in [0.15, 0.2) is 0 Å². The van der Waals surface area contributed by atoms with Crippen molar-refractivity contribution >= 4 is 66.1 Å². The molecule has 0 amide bonds. The van der Waals surface area contributed by atoms with Crippen LogP contribution in [0, 0.1) is 6.92 Å². The van der Waals surface area contributed by atoms with Crippen LogP contribution < -0.4 is 4.74 Å². The van der Waals surface area contributed by atoms with E-state index >= 15 is 0 Å². The topological polar surface area (TPSA) is 27.3 Å². The minimum atomic E-state index is 0.0225. The molecule has 0 aliphatic rings. The van der Waals surface area contributed by atoms with E-state index in [-0.39, 0.29) is 5.41 Å². The first-order valence-electron chi connectivity index (χ1n) is 12.9. The summed E-state index contributed by atoms with van der Waals surface area (Å²) in [6.07, 6.45) is 0. The van der Waals surface area contributed by atoms with E-state index in [1.807, 2.05) is 12.1 Å². The number of hydrogen-bond acceptors (Lipinski definition) is 2. The molecule has 4 heteroatoms. The SMILES string of the molecule is COc1ccc(Cl)c2c1c1cc(C(C)(C)C)ccc1n2-c1ccc2cc3oc4cc(C)ccc4c3cc2c1. The highest BCUT2D eigenvalue weighted by molar-refractivity contribution is 6.37. The molecule has 0 aliphatic heterocycles. The fraction of sp³-hybridized carbons (Fsp3) is 0.176. The van der Waals surface area contributed by atoms with E-state index in [1.165, 1.54) is 11.1 Å². The Morgan fingerprint density at radius 2 is 1.58 bits per heavy atom. The van der Waals surface area contributed by atoms with E-state index in [0.717, 1.165) is 66.0 Å². The van der Waals surface area contributed by atoms with Crippen molar-refractivity contribution in [1.82, 2.24) is 4.57 Å². The van der Waals surface area contributed by atoms with Gasteiger partial charge in [-0.2, -0.15) is 0 Å². The van der Waals surface area contributed by atoms with E-state index in [2.05, 4.69) is 99.0 Å². The second kappa shape index (κ2) is 8.02. The molecule has 7 rings (SSSR count). The Morgan fingerprint density at radius 1 is 0.763 bits per heavy atom. The summed E-state index contributed by atoms with van der Waals surface area (Å²) in [6, 6.07) is 27.9. The highest BCUT2D eigenvalue weighted by Gasteiger charge is 2.22. The summed E-state index contributed by atoms with van der Waals surface area (Å²) < 4.78 is 14.3. The van der Waals surface area contributed by atoms with Crippen LogP contribution in [-0.2, 0) is 5.41 Å². The maximum Gasteiger partial charge on any atom is 0.136 e. The number of halogens is 1. The summed E-state index contributed by atoms with van der Waals surface area (Å²) in [5, 5.41) is 7.42. The fourth-order valence-electron chi connectivity index (χ4n) is 5.74. The van der Waals surface area contributed by atoms with Crippen molar-refractivity contribution in [3.63, 3.8) is 0 Å². The van der Waals surface area contributed by atoms with Crippen molar-refractivity contribution in [2.75, 3.05) is 7.11 Å². The zero-order valence-electron chi connectivity index (χ0n) is 22.1. The molecule has 0 bridgehead atoms. The monoisotopic (exact) mass is 517 g/mol. The number of methoxy groups -OCH3 is 1. The summed E-state index contributed by atoms with van der Waals surface area (Å²) in [6.45, 7) is 8.80. The molecule has 5 aromatic carbocycles.